The molecule has 0 radical (unpaired) electrons. The molecule has 0 N–H and O–H groups in total. The number of aromatic nitrogens is 2. The van der Waals surface area contributed by atoms with E-state index in [2.05, 4.69) is 5.16 Å². The molecule has 158 valence electrons. The molecule has 0 spiro atoms. The minimum Gasteiger partial charge on any atom is -0.457 e. The molecule has 8 nitrogen and oxygen atoms in total. The summed E-state index contributed by atoms with van der Waals surface area (Å²) in [5.41, 5.74) is 3.63. The van der Waals surface area contributed by atoms with Crippen LogP contribution in [0.4, 0.5) is 0 Å². The third-order valence-electron chi connectivity index (χ3n) is 5.48. The molecule has 2 aromatic rings. The van der Waals surface area contributed by atoms with E-state index in [0.29, 0.717) is 29.9 Å². The molecular formula is C20H26N2O6S. The van der Waals surface area contributed by atoms with Crippen molar-refractivity contribution in [3.63, 3.8) is 0 Å². The molecule has 1 saturated heterocycles. The number of carbonyl (C=O) groups is 2. The first-order chi connectivity index (χ1) is 13.6. The molecule has 0 bridgehead atoms. The molecule has 1 fully saturated rings. The van der Waals surface area contributed by atoms with Crippen LogP contribution in [0.1, 0.15) is 57.6 Å². The Balaban J connectivity index is 1.60. The number of aryl methyl sites for hydroxylation is 3. The fourth-order valence-electron chi connectivity index (χ4n) is 3.98. The molecule has 0 unspecified atom stereocenters. The Morgan fingerprint density at radius 1 is 1.28 bits per heavy atom. The van der Waals surface area contributed by atoms with Gasteiger partial charge in [0.2, 0.25) is 5.78 Å². The number of rotatable bonds is 7. The summed E-state index contributed by atoms with van der Waals surface area (Å²) in [5.74, 6) is 0.173. The second-order valence-corrected chi connectivity index (χ2v) is 9.83. The van der Waals surface area contributed by atoms with Crippen molar-refractivity contribution in [2.45, 2.75) is 53.0 Å². The van der Waals surface area contributed by atoms with Gasteiger partial charge in [-0.05, 0) is 46.6 Å². The van der Waals surface area contributed by atoms with Crippen molar-refractivity contribution < 1.29 is 27.3 Å². The summed E-state index contributed by atoms with van der Waals surface area (Å²) in [6, 6.07) is 1.58. The molecule has 1 aliphatic heterocycles. The monoisotopic (exact) mass is 422 g/mol. The molecule has 2 aromatic heterocycles. The van der Waals surface area contributed by atoms with Crippen molar-refractivity contribution in [3.05, 3.63) is 40.0 Å². The molecule has 0 aromatic carbocycles. The highest BCUT2D eigenvalue weighted by molar-refractivity contribution is 7.91. The van der Waals surface area contributed by atoms with Crippen molar-refractivity contribution in [1.29, 1.82) is 0 Å². The van der Waals surface area contributed by atoms with Gasteiger partial charge in [0, 0.05) is 35.0 Å². The zero-order valence-electron chi connectivity index (χ0n) is 17.1. The summed E-state index contributed by atoms with van der Waals surface area (Å²) < 4.78 is 35.7. The number of ether oxygens (including phenoxy) is 1. The fraction of sp³-hybridized carbons (Fsp3) is 0.550. The molecule has 0 saturated carbocycles. The number of Topliss-reactive ketones (excluding diaryl/α,β-unsaturated/α-hetero) is 1. The quantitative estimate of drug-likeness (QED) is 0.498. The highest BCUT2D eigenvalue weighted by Crippen LogP contribution is 2.29. The molecular weight excluding hydrogens is 396 g/mol. The highest BCUT2D eigenvalue weighted by atomic mass is 32.2. The third kappa shape index (κ3) is 4.60. The number of carbonyl (C=O) groups excluding carboxylic acids is 2. The predicted molar refractivity (Wildman–Crippen MR) is 106 cm³/mol. The van der Waals surface area contributed by atoms with Crippen molar-refractivity contribution >= 4 is 21.6 Å². The predicted octanol–water partition coefficient (Wildman–Crippen LogP) is 2.43. The van der Waals surface area contributed by atoms with Gasteiger partial charge >= 0.3 is 5.97 Å². The van der Waals surface area contributed by atoms with E-state index >= 15 is 0 Å². The van der Waals surface area contributed by atoms with E-state index in [1.54, 1.807) is 19.9 Å². The van der Waals surface area contributed by atoms with Crippen LogP contribution in [-0.4, -0.2) is 48.0 Å². The van der Waals surface area contributed by atoms with Gasteiger partial charge < -0.3 is 13.8 Å². The standard InChI is InChI=1S/C20H26N2O6S/c1-12-9-18(14(3)22(12)16-7-8-29(25,26)11-16)19(23)10-27-20(24)6-5-17-13(2)21-28-15(17)4/h9,16H,5-8,10-11H2,1-4H3/t16-/m1/s1. The molecule has 3 heterocycles. The fourth-order valence-corrected chi connectivity index (χ4v) is 5.68. The summed E-state index contributed by atoms with van der Waals surface area (Å²) in [6.45, 7) is 6.91. The number of nitrogens with zero attached hydrogens (tertiary/aromatic N) is 2. The summed E-state index contributed by atoms with van der Waals surface area (Å²) >= 11 is 0. The van der Waals surface area contributed by atoms with Gasteiger partial charge in [-0.3, -0.25) is 9.59 Å². The molecule has 1 atom stereocenters. The summed E-state index contributed by atoms with van der Waals surface area (Å²) in [7, 11) is -3.03. The summed E-state index contributed by atoms with van der Waals surface area (Å²) in [6.07, 6.45) is 1.12. The first kappa shape index (κ1) is 21.3. The number of esters is 1. The van der Waals surface area contributed by atoms with Gasteiger partial charge in [-0.15, -0.1) is 0 Å². The molecule has 9 heteroatoms. The van der Waals surface area contributed by atoms with Crippen LogP contribution in [0.3, 0.4) is 0 Å². The lowest BCUT2D eigenvalue weighted by Crippen LogP contribution is -2.17. The minimum atomic E-state index is -3.03. The SMILES string of the molecule is Cc1noc(C)c1CCC(=O)OCC(=O)c1cc(C)n([C@@H]2CCS(=O)(=O)C2)c1C. The van der Waals surface area contributed by atoms with Crippen LogP contribution in [0.2, 0.25) is 0 Å². The molecule has 1 aliphatic rings. The topological polar surface area (TPSA) is 108 Å². The molecule has 29 heavy (non-hydrogen) atoms. The lowest BCUT2D eigenvalue weighted by Gasteiger charge is -2.16. The van der Waals surface area contributed by atoms with E-state index in [9.17, 15) is 18.0 Å². The van der Waals surface area contributed by atoms with Crippen LogP contribution in [0.25, 0.3) is 0 Å². The Labute approximate surface area is 170 Å². The largest absolute Gasteiger partial charge is 0.457 e. The van der Waals surface area contributed by atoms with Crippen LogP contribution in [0.15, 0.2) is 10.6 Å². The van der Waals surface area contributed by atoms with Gasteiger partial charge in [0.05, 0.1) is 17.2 Å². The minimum absolute atomic E-state index is 0.0910. The van der Waals surface area contributed by atoms with Gasteiger partial charge in [0.1, 0.15) is 5.76 Å². The van der Waals surface area contributed by atoms with Crippen LogP contribution in [0.5, 0.6) is 0 Å². The lowest BCUT2D eigenvalue weighted by atomic mass is 10.1. The average Bonchev–Trinajstić information content (AvgIpc) is 3.26. The number of hydrogen-bond donors (Lipinski definition) is 0. The first-order valence-corrected chi connectivity index (χ1v) is 11.4. The second kappa shape index (κ2) is 8.14. The maximum Gasteiger partial charge on any atom is 0.306 e. The van der Waals surface area contributed by atoms with Crippen molar-refractivity contribution in [2.24, 2.45) is 0 Å². The zero-order valence-corrected chi connectivity index (χ0v) is 18.0. The van der Waals surface area contributed by atoms with Crippen molar-refractivity contribution in [3.8, 4) is 0 Å². The molecule has 0 amide bonds. The number of sulfone groups is 1. The summed E-state index contributed by atoms with van der Waals surface area (Å²) in [4.78, 5) is 24.6. The molecule has 3 rings (SSSR count). The lowest BCUT2D eigenvalue weighted by molar-refractivity contribution is -0.142. The second-order valence-electron chi connectivity index (χ2n) is 7.60. The van der Waals surface area contributed by atoms with E-state index < -0.39 is 15.8 Å². The van der Waals surface area contributed by atoms with Crippen LogP contribution >= 0.6 is 0 Å². The third-order valence-corrected chi connectivity index (χ3v) is 7.23. The Hall–Kier alpha value is -2.42. The first-order valence-electron chi connectivity index (χ1n) is 9.58. The van der Waals surface area contributed by atoms with Gasteiger partial charge in [-0.2, -0.15) is 0 Å². The van der Waals surface area contributed by atoms with E-state index in [-0.39, 0.29) is 36.4 Å². The van der Waals surface area contributed by atoms with E-state index in [1.807, 2.05) is 18.4 Å². The van der Waals surface area contributed by atoms with E-state index in [1.165, 1.54) is 0 Å². The van der Waals surface area contributed by atoms with E-state index in [4.69, 9.17) is 9.26 Å². The van der Waals surface area contributed by atoms with Gasteiger partial charge in [-0.1, -0.05) is 5.16 Å². The van der Waals surface area contributed by atoms with Gasteiger partial charge in [-0.25, -0.2) is 8.42 Å². The van der Waals surface area contributed by atoms with Crippen LogP contribution in [0, 0.1) is 27.7 Å². The smallest absolute Gasteiger partial charge is 0.306 e. The Morgan fingerprint density at radius 3 is 2.59 bits per heavy atom. The van der Waals surface area contributed by atoms with E-state index in [0.717, 1.165) is 17.0 Å². The number of ketones is 1. The van der Waals surface area contributed by atoms with Crippen molar-refractivity contribution in [1.82, 2.24) is 9.72 Å². The van der Waals surface area contributed by atoms with Crippen LogP contribution < -0.4 is 0 Å². The van der Waals surface area contributed by atoms with Crippen LogP contribution in [-0.2, 0) is 25.8 Å². The zero-order chi connectivity index (χ0) is 21.3. The number of hydrogen-bond acceptors (Lipinski definition) is 7. The maximum absolute atomic E-state index is 12.6. The Bertz CT molecular complexity index is 1030. The summed E-state index contributed by atoms with van der Waals surface area (Å²) in [5, 5.41) is 3.85. The Morgan fingerprint density at radius 2 is 2.00 bits per heavy atom. The van der Waals surface area contributed by atoms with Gasteiger partial charge in [0.25, 0.3) is 0 Å². The normalized spacial score (nSPS) is 18.1. The maximum atomic E-state index is 12.6. The molecule has 0 aliphatic carbocycles. The Kier molecular flexibility index (Phi) is 5.97. The highest BCUT2D eigenvalue weighted by Gasteiger charge is 2.31. The van der Waals surface area contributed by atoms with Crippen molar-refractivity contribution in [2.75, 3.05) is 18.1 Å². The van der Waals surface area contributed by atoms with Gasteiger partial charge in [0.15, 0.2) is 16.4 Å². The average molecular weight is 423 g/mol.